The first-order valence-electron chi connectivity index (χ1n) is 5.76. The van der Waals surface area contributed by atoms with Crippen LogP contribution in [0, 0.1) is 0 Å². The SMILES string of the molecule is CN(CCCCCO)Cc1ccc(Cl)cc1. The Labute approximate surface area is 103 Å². The molecule has 0 aliphatic rings. The Hall–Kier alpha value is -0.570. The molecule has 0 spiro atoms. The summed E-state index contributed by atoms with van der Waals surface area (Å²) in [5.74, 6) is 0. The molecule has 1 aromatic carbocycles. The molecule has 0 unspecified atom stereocenters. The quantitative estimate of drug-likeness (QED) is 0.742. The van der Waals surface area contributed by atoms with Crippen LogP contribution in [0.25, 0.3) is 0 Å². The number of aliphatic hydroxyl groups excluding tert-OH is 1. The van der Waals surface area contributed by atoms with Crippen LogP contribution in [-0.4, -0.2) is 30.2 Å². The Balaban J connectivity index is 2.23. The highest BCUT2D eigenvalue weighted by molar-refractivity contribution is 6.30. The highest BCUT2D eigenvalue weighted by Gasteiger charge is 2.00. The van der Waals surface area contributed by atoms with Gasteiger partial charge in [-0.05, 0) is 50.6 Å². The number of benzene rings is 1. The van der Waals surface area contributed by atoms with Gasteiger partial charge < -0.3 is 10.0 Å². The van der Waals surface area contributed by atoms with Crippen molar-refractivity contribution >= 4 is 11.6 Å². The van der Waals surface area contributed by atoms with Gasteiger partial charge in [0.15, 0.2) is 0 Å². The summed E-state index contributed by atoms with van der Waals surface area (Å²) >= 11 is 5.83. The Morgan fingerprint density at radius 3 is 2.44 bits per heavy atom. The van der Waals surface area contributed by atoms with E-state index in [0.29, 0.717) is 6.61 Å². The lowest BCUT2D eigenvalue weighted by Crippen LogP contribution is -2.19. The number of halogens is 1. The van der Waals surface area contributed by atoms with E-state index >= 15 is 0 Å². The Morgan fingerprint density at radius 1 is 1.12 bits per heavy atom. The van der Waals surface area contributed by atoms with Gasteiger partial charge in [0.1, 0.15) is 0 Å². The maximum atomic E-state index is 8.67. The minimum atomic E-state index is 0.306. The molecule has 1 aromatic rings. The van der Waals surface area contributed by atoms with Gasteiger partial charge >= 0.3 is 0 Å². The molecule has 0 atom stereocenters. The number of unbranched alkanes of at least 4 members (excludes halogenated alkanes) is 2. The topological polar surface area (TPSA) is 23.5 Å². The first kappa shape index (κ1) is 13.5. The van der Waals surface area contributed by atoms with E-state index in [-0.39, 0.29) is 0 Å². The summed E-state index contributed by atoms with van der Waals surface area (Å²) in [5.41, 5.74) is 1.29. The fourth-order valence-electron chi connectivity index (χ4n) is 1.65. The van der Waals surface area contributed by atoms with E-state index in [1.54, 1.807) is 0 Å². The average Bonchev–Trinajstić information content (AvgIpc) is 2.28. The molecule has 1 rings (SSSR count). The van der Waals surface area contributed by atoms with Crippen LogP contribution in [0.1, 0.15) is 24.8 Å². The molecule has 0 heterocycles. The predicted octanol–water partition coefficient (Wildman–Crippen LogP) is 2.93. The standard InChI is InChI=1S/C13H20ClNO/c1-15(9-3-2-4-10-16)11-12-5-7-13(14)8-6-12/h5-8,16H,2-4,9-11H2,1H3. The van der Waals surface area contributed by atoms with Gasteiger partial charge in [0.05, 0.1) is 0 Å². The number of rotatable bonds is 7. The molecule has 0 aliphatic heterocycles. The van der Waals surface area contributed by atoms with Crippen LogP contribution in [0.15, 0.2) is 24.3 Å². The highest BCUT2D eigenvalue weighted by Crippen LogP contribution is 2.11. The highest BCUT2D eigenvalue weighted by atomic mass is 35.5. The maximum absolute atomic E-state index is 8.67. The molecule has 3 heteroatoms. The molecule has 16 heavy (non-hydrogen) atoms. The minimum absolute atomic E-state index is 0.306. The van der Waals surface area contributed by atoms with Gasteiger partial charge in [-0.3, -0.25) is 0 Å². The molecule has 0 saturated carbocycles. The second kappa shape index (κ2) is 7.66. The van der Waals surface area contributed by atoms with Gasteiger partial charge in [0, 0.05) is 18.2 Å². The molecule has 0 amide bonds. The molecular formula is C13H20ClNO. The van der Waals surface area contributed by atoms with Crippen molar-refractivity contribution in [1.82, 2.24) is 4.90 Å². The van der Waals surface area contributed by atoms with E-state index < -0.39 is 0 Å². The number of aliphatic hydroxyl groups is 1. The minimum Gasteiger partial charge on any atom is -0.396 e. The first-order chi connectivity index (χ1) is 7.72. The van der Waals surface area contributed by atoms with Crippen molar-refractivity contribution in [3.63, 3.8) is 0 Å². The summed E-state index contributed by atoms with van der Waals surface area (Å²) in [6, 6.07) is 7.98. The van der Waals surface area contributed by atoms with E-state index in [1.807, 2.05) is 12.1 Å². The van der Waals surface area contributed by atoms with Crippen molar-refractivity contribution in [2.24, 2.45) is 0 Å². The molecule has 0 saturated heterocycles. The summed E-state index contributed by atoms with van der Waals surface area (Å²) < 4.78 is 0. The van der Waals surface area contributed by atoms with Crippen molar-refractivity contribution in [3.8, 4) is 0 Å². The molecule has 0 bridgehead atoms. The van der Waals surface area contributed by atoms with Crippen LogP contribution in [0.3, 0.4) is 0 Å². The molecule has 90 valence electrons. The van der Waals surface area contributed by atoms with Crippen molar-refractivity contribution in [2.75, 3.05) is 20.2 Å². The van der Waals surface area contributed by atoms with Crippen molar-refractivity contribution in [3.05, 3.63) is 34.9 Å². The smallest absolute Gasteiger partial charge is 0.0431 e. The Bertz CT molecular complexity index is 286. The largest absolute Gasteiger partial charge is 0.396 e. The zero-order valence-corrected chi connectivity index (χ0v) is 10.6. The van der Waals surface area contributed by atoms with Crippen molar-refractivity contribution in [1.29, 1.82) is 0 Å². The van der Waals surface area contributed by atoms with Gasteiger partial charge in [0.25, 0.3) is 0 Å². The van der Waals surface area contributed by atoms with E-state index in [4.69, 9.17) is 16.7 Å². The Morgan fingerprint density at radius 2 is 1.81 bits per heavy atom. The van der Waals surface area contributed by atoms with E-state index in [2.05, 4.69) is 24.1 Å². The normalized spacial score (nSPS) is 11.0. The number of hydrogen-bond donors (Lipinski definition) is 1. The second-order valence-corrected chi connectivity index (χ2v) is 4.58. The summed E-state index contributed by atoms with van der Waals surface area (Å²) in [7, 11) is 2.12. The molecular weight excluding hydrogens is 222 g/mol. The zero-order valence-electron chi connectivity index (χ0n) is 9.82. The fourth-order valence-corrected chi connectivity index (χ4v) is 1.78. The third kappa shape index (κ3) is 5.50. The molecule has 0 radical (unpaired) electrons. The number of hydrogen-bond acceptors (Lipinski definition) is 2. The monoisotopic (exact) mass is 241 g/mol. The summed E-state index contributed by atoms with van der Waals surface area (Å²) in [5, 5.41) is 9.45. The van der Waals surface area contributed by atoms with Gasteiger partial charge in [-0.25, -0.2) is 0 Å². The van der Waals surface area contributed by atoms with Crippen LogP contribution in [0.4, 0.5) is 0 Å². The van der Waals surface area contributed by atoms with Gasteiger partial charge in [-0.2, -0.15) is 0 Å². The predicted molar refractivity (Wildman–Crippen MR) is 68.7 cm³/mol. The summed E-state index contributed by atoms with van der Waals surface area (Å²) in [4.78, 5) is 2.29. The summed E-state index contributed by atoms with van der Waals surface area (Å²) in [6.07, 6.45) is 3.15. The fraction of sp³-hybridized carbons (Fsp3) is 0.538. The Kier molecular flexibility index (Phi) is 6.46. The third-order valence-electron chi connectivity index (χ3n) is 2.56. The van der Waals surface area contributed by atoms with E-state index in [1.165, 1.54) is 5.56 Å². The van der Waals surface area contributed by atoms with Gasteiger partial charge in [0.2, 0.25) is 0 Å². The second-order valence-electron chi connectivity index (χ2n) is 4.15. The average molecular weight is 242 g/mol. The van der Waals surface area contributed by atoms with Gasteiger partial charge in [-0.15, -0.1) is 0 Å². The third-order valence-corrected chi connectivity index (χ3v) is 2.82. The molecule has 0 aliphatic carbocycles. The van der Waals surface area contributed by atoms with Crippen LogP contribution in [-0.2, 0) is 6.54 Å². The lowest BCUT2D eigenvalue weighted by molar-refractivity contribution is 0.271. The molecule has 0 aromatic heterocycles. The van der Waals surface area contributed by atoms with Crippen molar-refractivity contribution < 1.29 is 5.11 Å². The maximum Gasteiger partial charge on any atom is 0.0431 e. The van der Waals surface area contributed by atoms with E-state index in [0.717, 1.165) is 37.4 Å². The zero-order chi connectivity index (χ0) is 11.8. The molecule has 2 nitrogen and oxygen atoms in total. The lowest BCUT2D eigenvalue weighted by atomic mass is 10.2. The van der Waals surface area contributed by atoms with E-state index in [9.17, 15) is 0 Å². The van der Waals surface area contributed by atoms with Crippen LogP contribution >= 0.6 is 11.6 Å². The van der Waals surface area contributed by atoms with Crippen LogP contribution < -0.4 is 0 Å². The van der Waals surface area contributed by atoms with Crippen LogP contribution in [0.5, 0.6) is 0 Å². The number of nitrogens with zero attached hydrogens (tertiary/aromatic N) is 1. The summed E-state index contributed by atoms with van der Waals surface area (Å²) in [6.45, 7) is 2.33. The van der Waals surface area contributed by atoms with Crippen molar-refractivity contribution in [2.45, 2.75) is 25.8 Å². The van der Waals surface area contributed by atoms with Gasteiger partial charge in [-0.1, -0.05) is 23.7 Å². The van der Waals surface area contributed by atoms with Crippen LogP contribution in [0.2, 0.25) is 5.02 Å². The molecule has 0 fully saturated rings. The lowest BCUT2D eigenvalue weighted by Gasteiger charge is -2.16. The first-order valence-corrected chi connectivity index (χ1v) is 6.14. The molecule has 1 N–H and O–H groups in total.